The first-order valence-corrected chi connectivity index (χ1v) is 17.7. The molecule has 0 spiro atoms. The van der Waals surface area contributed by atoms with Gasteiger partial charge in [0.25, 0.3) is 0 Å². The van der Waals surface area contributed by atoms with Gasteiger partial charge in [-0.2, -0.15) is 0 Å². The maximum absolute atomic E-state index is 5.24. The van der Waals surface area contributed by atoms with E-state index >= 15 is 0 Å². The number of thioether (sulfide) groups is 4. The molecule has 2 nitrogen and oxygen atoms in total. The second-order valence-electron chi connectivity index (χ2n) is 9.75. The second kappa shape index (κ2) is 16.9. The number of hydrogen-bond acceptors (Lipinski definition) is 6. The van der Waals surface area contributed by atoms with Gasteiger partial charge in [-0.1, -0.05) is 84.9 Å². The molecule has 0 radical (unpaired) electrons. The molecule has 0 N–H and O–H groups in total. The van der Waals surface area contributed by atoms with Crippen LogP contribution in [0.4, 0.5) is 0 Å². The Bertz CT molecular complexity index is 1190. The summed E-state index contributed by atoms with van der Waals surface area (Å²) in [6.07, 6.45) is 2.30. The van der Waals surface area contributed by atoms with E-state index in [0.717, 1.165) is 24.3 Å². The van der Waals surface area contributed by atoms with Crippen LogP contribution in [0.25, 0.3) is 0 Å². The summed E-state index contributed by atoms with van der Waals surface area (Å²) in [7, 11) is 3.43. The SMILES string of the molecule is COc1ccc(C2SCSC2Cc2ccccc2)cc1.COc1ccc(C2SCSC2Cc2ccccc2)cc1.[Ni]. The van der Waals surface area contributed by atoms with E-state index in [4.69, 9.17) is 9.47 Å². The molecular formula is C34H36NiO2S4. The summed E-state index contributed by atoms with van der Waals surface area (Å²) in [5.74, 6) is 1.87. The molecule has 7 heteroatoms. The van der Waals surface area contributed by atoms with Gasteiger partial charge < -0.3 is 9.47 Å². The second-order valence-corrected chi connectivity index (χ2v) is 15.2. The van der Waals surface area contributed by atoms with Crippen LogP contribution in [-0.4, -0.2) is 34.9 Å². The minimum absolute atomic E-state index is 0. The molecule has 0 amide bonds. The van der Waals surface area contributed by atoms with Gasteiger partial charge in [0.2, 0.25) is 0 Å². The van der Waals surface area contributed by atoms with Crippen molar-refractivity contribution in [3.63, 3.8) is 0 Å². The van der Waals surface area contributed by atoms with E-state index in [0.29, 0.717) is 21.0 Å². The fourth-order valence-electron chi connectivity index (χ4n) is 5.02. The molecule has 0 aromatic heterocycles. The van der Waals surface area contributed by atoms with Gasteiger partial charge in [-0.3, -0.25) is 0 Å². The number of hydrogen-bond donors (Lipinski definition) is 0. The van der Waals surface area contributed by atoms with Gasteiger partial charge in [-0.15, -0.1) is 47.0 Å². The van der Waals surface area contributed by atoms with Crippen molar-refractivity contribution in [2.75, 3.05) is 24.4 Å². The minimum Gasteiger partial charge on any atom is -0.497 e. The van der Waals surface area contributed by atoms with Gasteiger partial charge in [0.1, 0.15) is 11.5 Å². The van der Waals surface area contributed by atoms with Gasteiger partial charge >= 0.3 is 0 Å². The molecule has 0 saturated carbocycles. The van der Waals surface area contributed by atoms with Gasteiger partial charge in [0.15, 0.2) is 0 Å². The molecule has 4 atom stereocenters. The predicted molar refractivity (Wildman–Crippen MR) is 179 cm³/mol. The molecule has 2 saturated heterocycles. The molecule has 2 fully saturated rings. The molecule has 2 aliphatic heterocycles. The average molecular weight is 664 g/mol. The molecule has 6 rings (SSSR count). The van der Waals surface area contributed by atoms with E-state index in [1.165, 1.54) is 32.4 Å². The predicted octanol–water partition coefficient (Wildman–Crippen LogP) is 9.57. The monoisotopic (exact) mass is 662 g/mol. The van der Waals surface area contributed by atoms with Crippen molar-refractivity contribution in [3.8, 4) is 11.5 Å². The average Bonchev–Trinajstić information content (AvgIpc) is 3.68. The standard InChI is InChI=1S/2C17H18OS2.Ni/c2*1-18-15-9-7-14(8-10-15)17-16(19-12-20-17)11-13-5-3-2-4-6-13;/h2*2-10,16-17H,11-12H2,1H3;. The van der Waals surface area contributed by atoms with Gasteiger partial charge in [-0.05, 0) is 59.4 Å². The van der Waals surface area contributed by atoms with Crippen molar-refractivity contribution in [3.05, 3.63) is 131 Å². The van der Waals surface area contributed by atoms with Crippen LogP contribution in [0.1, 0.15) is 32.8 Å². The zero-order valence-electron chi connectivity index (χ0n) is 23.3. The Hall–Kier alpha value is -1.63. The van der Waals surface area contributed by atoms with Crippen molar-refractivity contribution < 1.29 is 26.0 Å². The quantitative estimate of drug-likeness (QED) is 0.174. The molecule has 2 aliphatic rings. The fourth-order valence-corrected chi connectivity index (χ4v) is 11.8. The Morgan fingerprint density at radius 2 is 0.878 bits per heavy atom. The molecule has 41 heavy (non-hydrogen) atoms. The van der Waals surface area contributed by atoms with E-state index < -0.39 is 0 Å². The molecule has 4 aromatic rings. The van der Waals surface area contributed by atoms with Crippen LogP contribution >= 0.6 is 47.0 Å². The Morgan fingerprint density at radius 1 is 0.512 bits per heavy atom. The van der Waals surface area contributed by atoms with E-state index in [1.54, 1.807) is 14.2 Å². The first-order chi connectivity index (χ1) is 19.7. The number of benzene rings is 4. The summed E-state index contributed by atoms with van der Waals surface area (Å²) in [5.41, 5.74) is 5.71. The normalized spacial score (nSPS) is 21.3. The summed E-state index contributed by atoms with van der Waals surface area (Å²) in [5, 5.41) is 4.88. The Labute approximate surface area is 272 Å². The molecule has 4 unspecified atom stereocenters. The van der Waals surface area contributed by atoms with Crippen molar-refractivity contribution >= 4 is 47.0 Å². The van der Waals surface area contributed by atoms with Crippen molar-refractivity contribution in [1.29, 1.82) is 0 Å². The number of rotatable bonds is 8. The van der Waals surface area contributed by atoms with Crippen molar-refractivity contribution in [2.24, 2.45) is 0 Å². The number of methoxy groups -OCH3 is 2. The van der Waals surface area contributed by atoms with Crippen molar-refractivity contribution in [2.45, 2.75) is 33.8 Å². The fraction of sp³-hybridized carbons (Fsp3) is 0.294. The zero-order chi connectivity index (χ0) is 27.6. The Balaban J connectivity index is 0.000000184. The van der Waals surface area contributed by atoms with Gasteiger partial charge in [0, 0.05) is 47.7 Å². The van der Waals surface area contributed by atoms with Crippen LogP contribution in [0.2, 0.25) is 0 Å². The smallest absolute Gasteiger partial charge is 0.118 e. The summed E-state index contributed by atoms with van der Waals surface area (Å²) < 4.78 is 10.5. The first-order valence-electron chi connectivity index (χ1n) is 13.6. The molecule has 0 aliphatic carbocycles. The van der Waals surface area contributed by atoms with E-state index in [-0.39, 0.29) is 16.5 Å². The summed E-state index contributed by atoms with van der Waals surface area (Å²) in [6, 6.07) is 38.7. The molecule has 218 valence electrons. The summed E-state index contributed by atoms with van der Waals surface area (Å²) >= 11 is 8.28. The molecular weight excluding hydrogens is 627 g/mol. The summed E-state index contributed by atoms with van der Waals surface area (Å²) in [4.78, 5) is 0. The third-order valence-corrected chi connectivity index (χ3v) is 13.4. The van der Waals surface area contributed by atoms with Crippen LogP contribution in [0.3, 0.4) is 0 Å². The van der Waals surface area contributed by atoms with Gasteiger partial charge in [0.05, 0.1) is 14.2 Å². The van der Waals surface area contributed by atoms with Crippen LogP contribution in [0.15, 0.2) is 109 Å². The topological polar surface area (TPSA) is 18.5 Å². The Morgan fingerprint density at radius 3 is 1.22 bits per heavy atom. The largest absolute Gasteiger partial charge is 0.497 e. The van der Waals surface area contributed by atoms with Crippen LogP contribution < -0.4 is 9.47 Å². The third-order valence-electron chi connectivity index (χ3n) is 7.18. The maximum atomic E-state index is 5.24. The third kappa shape index (κ3) is 9.18. The maximum Gasteiger partial charge on any atom is 0.118 e. The van der Waals surface area contributed by atoms with Crippen LogP contribution in [0, 0.1) is 0 Å². The first kappa shape index (κ1) is 32.3. The summed E-state index contributed by atoms with van der Waals surface area (Å²) in [6.45, 7) is 0. The van der Waals surface area contributed by atoms with E-state index in [1.807, 2.05) is 0 Å². The van der Waals surface area contributed by atoms with Gasteiger partial charge in [-0.25, -0.2) is 0 Å². The minimum atomic E-state index is 0. The zero-order valence-corrected chi connectivity index (χ0v) is 27.5. The molecule has 0 bridgehead atoms. The van der Waals surface area contributed by atoms with E-state index in [9.17, 15) is 0 Å². The molecule has 4 aromatic carbocycles. The van der Waals surface area contributed by atoms with Crippen molar-refractivity contribution in [1.82, 2.24) is 0 Å². The Kier molecular flexibility index (Phi) is 13.3. The number of ether oxygens (including phenoxy) is 2. The molecule has 2 heterocycles. The van der Waals surface area contributed by atoms with Crippen LogP contribution in [-0.2, 0) is 29.3 Å². The van der Waals surface area contributed by atoms with Crippen LogP contribution in [0.5, 0.6) is 11.5 Å². The van der Waals surface area contributed by atoms with E-state index in [2.05, 4.69) is 156 Å².